The van der Waals surface area contributed by atoms with Crippen LogP contribution in [0.15, 0.2) is 47.8 Å². The molecular weight excluding hydrogens is 348 g/mol. The zero-order chi connectivity index (χ0) is 18.4. The third-order valence-electron chi connectivity index (χ3n) is 4.47. The van der Waals surface area contributed by atoms with Gasteiger partial charge in [0.15, 0.2) is 0 Å². The molecule has 0 saturated carbocycles. The predicted molar refractivity (Wildman–Crippen MR) is 101 cm³/mol. The Morgan fingerprint density at radius 3 is 2.23 bits per heavy atom. The maximum Gasteiger partial charge on any atom is 0.333 e. The van der Waals surface area contributed by atoms with Gasteiger partial charge in [0.05, 0.1) is 0 Å². The molecule has 1 aromatic carbocycles. The number of imide groups is 2. The van der Waals surface area contributed by atoms with Crippen LogP contribution in [-0.2, 0) is 22.4 Å². The van der Waals surface area contributed by atoms with E-state index < -0.39 is 11.9 Å². The number of nitrogens with zero attached hydrogens (tertiary/aromatic N) is 2. The number of thiophene rings is 1. The van der Waals surface area contributed by atoms with Crippen molar-refractivity contribution >= 4 is 29.2 Å². The normalized spacial score (nSPS) is 15.0. The van der Waals surface area contributed by atoms with Crippen LogP contribution in [0.5, 0.6) is 0 Å². The second-order valence-corrected chi connectivity index (χ2v) is 7.35. The minimum Gasteiger partial charge on any atom is -0.274 e. The molecule has 1 fully saturated rings. The standard InChI is InChI=1S/C20H22N2O3S/c23-18-15-19(24)22(13-11-17-10-6-14-26-17)20(25)21(18)12-5-4-9-16-7-2-1-3-8-16/h1-3,6-8,10,14H,4-5,9,11-13,15H2. The first-order valence-electron chi connectivity index (χ1n) is 8.86. The molecule has 1 saturated heterocycles. The van der Waals surface area contributed by atoms with Gasteiger partial charge in [-0.1, -0.05) is 36.4 Å². The lowest BCUT2D eigenvalue weighted by molar-refractivity contribution is -0.142. The van der Waals surface area contributed by atoms with Crippen LogP contribution in [0.4, 0.5) is 4.79 Å². The Morgan fingerprint density at radius 2 is 1.54 bits per heavy atom. The van der Waals surface area contributed by atoms with Gasteiger partial charge in [-0.25, -0.2) is 4.79 Å². The summed E-state index contributed by atoms with van der Waals surface area (Å²) in [5.74, 6) is -0.774. The van der Waals surface area contributed by atoms with Crippen molar-refractivity contribution in [1.82, 2.24) is 9.80 Å². The Bertz CT molecular complexity index is 759. The molecule has 1 aromatic heterocycles. The van der Waals surface area contributed by atoms with Gasteiger partial charge in [0.25, 0.3) is 0 Å². The lowest BCUT2D eigenvalue weighted by Crippen LogP contribution is -2.55. The topological polar surface area (TPSA) is 57.7 Å². The smallest absolute Gasteiger partial charge is 0.274 e. The summed E-state index contributed by atoms with van der Waals surface area (Å²) in [7, 11) is 0. The van der Waals surface area contributed by atoms with Crippen molar-refractivity contribution in [3.63, 3.8) is 0 Å². The number of carbonyl (C=O) groups is 3. The average molecular weight is 370 g/mol. The summed E-state index contributed by atoms with van der Waals surface area (Å²) >= 11 is 1.60. The third kappa shape index (κ3) is 4.58. The quantitative estimate of drug-likeness (QED) is 0.528. The molecule has 0 bridgehead atoms. The van der Waals surface area contributed by atoms with Gasteiger partial charge in [0.2, 0.25) is 11.8 Å². The zero-order valence-electron chi connectivity index (χ0n) is 14.6. The van der Waals surface area contributed by atoms with Gasteiger partial charge in [-0.05, 0) is 42.7 Å². The van der Waals surface area contributed by atoms with Crippen LogP contribution < -0.4 is 0 Å². The number of hydrogen-bond donors (Lipinski definition) is 0. The highest BCUT2D eigenvalue weighted by Gasteiger charge is 2.37. The van der Waals surface area contributed by atoms with Gasteiger partial charge in [0.1, 0.15) is 6.42 Å². The number of carbonyl (C=O) groups excluding carboxylic acids is 3. The Balaban J connectivity index is 1.51. The van der Waals surface area contributed by atoms with E-state index in [4.69, 9.17) is 0 Å². The van der Waals surface area contributed by atoms with E-state index >= 15 is 0 Å². The Labute approximate surface area is 157 Å². The van der Waals surface area contributed by atoms with Crippen LogP contribution in [0.1, 0.15) is 29.7 Å². The third-order valence-corrected chi connectivity index (χ3v) is 5.40. The van der Waals surface area contributed by atoms with E-state index in [9.17, 15) is 14.4 Å². The highest BCUT2D eigenvalue weighted by atomic mass is 32.1. The predicted octanol–water partition coefficient (Wildman–Crippen LogP) is 3.49. The van der Waals surface area contributed by atoms with Crippen molar-refractivity contribution in [2.24, 2.45) is 0 Å². The minimum absolute atomic E-state index is 0.213. The number of unbranched alkanes of at least 4 members (excludes halogenated alkanes) is 1. The second kappa shape index (κ2) is 8.76. The largest absolute Gasteiger partial charge is 0.333 e. The van der Waals surface area contributed by atoms with Crippen LogP contribution in [0.3, 0.4) is 0 Å². The minimum atomic E-state index is -0.470. The van der Waals surface area contributed by atoms with Crippen molar-refractivity contribution in [3.8, 4) is 0 Å². The van der Waals surface area contributed by atoms with Crippen LogP contribution >= 0.6 is 11.3 Å². The number of rotatable bonds is 8. The number of aryl methyl sites for hydroxylation is 1. The SMILES string of the molecule is O=C1CC(=O)N(CCc2cccs2)C(=O)N1CCCCc1ccccc1. The molecule has 3 rings (SSSR count). The fraction of sp³-hybridized carbons (Fsp3) is 0.350. The summed E-state index contributed by atoms with van der Waals surface area (Å²) in [5, 5.41) is 1.97. The maximum absolute atomic E-state index is 12.6. The first-order valence-corrected chi connectivity index (χ1v) is 9.74. The van der Waals surface area contributed by atoms with E-state index in [1.54, 1.807) is 11.3 Å². The van der Waals surface area contributed by atoms with Crippen molar-refractivity contribution in [2.45, 2.75) is 32.1 Å². The van der Waals surface area contributed by atoms with Crippen LogP contribution in [0.25, 0.3) is 0 Å². The van der Waals surface area contributed by atoms with E-state index in [-0.39, 0.29) is 12.3 Å². The Hall–Kier alpha value is -2.47. The van der Waals surface area contributed by atoms with Gasteiger partial charge in [0, 0.05) is 18.0 Å². The lowest BCUT2D eigenvalue weighted by atomic mass is 10.1. The number of benzene rings is 1. The molecule has 2 aromatic rings. The molecular formula is C20H22N2O3S. The molecule has 5 nitrogen and oxygen atoms in total. The maximum atomic E-state index is 12.6. The molecule has 0 radical (unpaired) electrons. The molecule has 1 aliphatic heterocycles. The van der Waals surface area contributed by atoms with Crippen LogP contribution in [0, 0.1) is 0 Å². The Kier molecular flexibility index (Phi) is 6.17. The molecule has 0 unspecified atom stereocenters. The fourth-order valence-electron chi connectivity index (χ4n) is 3.04. The highest BCUT2D eigenvalue weighted by molar-refractivity contribution is 7.09. The summed E-state index contributed by atoms with van der Waals surface area (Å²) in [6, 6.07) is 13.6. The average Bonchev–Trinajstić information content (AvgIpc) is 3.15. The first-order chi connectivity index (χ1) is 12.6. The second-order valence-electron chi connectivity index (χ2n) is 6.32. The van der Waals surface area contributed by atoms with Crippen LogP contribution in [-0.4, -0.2) is 40.7 Å². The van der Waals surface area contributed by atoms with Crippen molar-refractivity contribution < 1.29 is 14.4 Å². The molecule has 0 N–H and O–H groups in total. The van der Waals surface area contributed by atoms with Gasteiger partial charge in [-0.2, -0.15) is 0 Å². The molecule has 2 heterocycles. The lowest BCUT2D eigenvalue weighted by Gasteiger charge is -2.32. The zero-order valence-corrected chi connectivity index (χ0v) is 15.4. The fourth-order valence-corrected chi connectivity index (χ4v) is 3.74. The number of urea groups is 1. The monoisotopic (exact) mass is 370 g/mol. The van der Waals surface area contributed by atoms with Crippen molar-refractivity contribution in [3.05, 3.63) is 58.3 Å². The van der Waals surface area contributed by atoms with E-state index in [1.807, 2.05) is 35.7 Å². The Morgan fingerprint density at radius 1 is 0.808 bits per heavy atom. The van der Waals surface area contributed by atoms with Gasteiger partial charge in [-0.15, -0.1) is 11.3 Å². The molecule has 0 aliphatic carbocycles. The van der Waals surface area contributed by atoms with Gasteiger partial charge in [-0.3, -0.25) is 19.4 Å². The summed E-state index contributed by atoms with van der Waals surface area (Å²) < 4.78 is 0. The van der Waals surface area contributed by atoms with E-state index in [0.717, 1.165) is 24.1 Å². The van der Waals surface area contributed by atoms with E-state index in [1.165, 1.54) is 15.4 Å². The molecule has 4 amide bonds. The van der Waals surface area contributed by atoms with Gasteiger partial charge < -0.3 is 0 Å². The number of hydrogen-bond acceptors (Lipinski definition) is 4. The number of barbiturate groups is 1. The first kappa shape index (κ1) is 18.3. The van der Waals surface area contributed by atoms with Crippen molar-refractivity contribution in [1.29, 1.82) is 0 Å². The summed E-state index contributed by atoms with van der Waals surface area (Å²) in [6.07, 6.45) is 2.96. The molecule has 6 heteroatoms. The number of amides is 4. The highest BCUT2D eigenvalue weighted by Crippen LogP contribution is 2.16. The molecule has 1 aliphatic rings. The summed E-state index contributed by atoms with van der Waals surface area (Å²) in [4.78, 5) is 40.4. The van der Waals surface area contributed by atoms with E-state index in [0.29, 0.717) is 19.5 Å². The molecule has 136 valence electrons. The summed E-state index contributed by atoms with van der Waals surface area (Å²) in [6.45, 7) is 0.694. The summed E-state index contributed by atoms with van der Waals surface area (Å²) in [5.41, 5.74) is 1.25. The van der Waals surface area contributed by atoms with Crippen molar-refractivity contribution in [2.75, 3.05) is 13.1 Å². The van der Waals surface area contributed by atoms with Gasteiger partial charge >= 0.3 is 6.03 Å². The molecule has 0 atom stereocenters. The molecule has 0 spiro atoms. The van der Waals surface area contributed by atoms with Crippen LogP contribution in [0.2, 0.25) is 0 Å². The molecule has 26 heavy (non-hydrogen) atoms. The van der Waals surface area contributed by atoms with E-state index in [2.05, 4.69) is 12.1 Å².